The molecule has 2 nitrogen and oxygen atoms in total. The summed E-state index contributed by atoms with van der Waals surface area (Å²) in [5.41, 5.74) is 1.75. The summed E-state index contributed by atoms with van der Waals surface area (Å²) < 4.78 is 2.24. The molecule has 4 heteroatoms. The Hall–Kier alpha value is 0.0500. The van der Waals surface area contributed by atoms with Crippen molar-refractivity contribution in [3.05, 3.63) is 0 Å². The fourth-order valence-electron chi connectivity index (χ4n) is 2.62. The number of hydrogen-bond donors (Lipinski definition) is 0. The van der Waals surface area contributed by atoms with E-state index in [1.165, 1.54) is 77.3 Å². The molecule has 1 fully saturated rings. The summed E-state index contributed by atoms with van der Waals surface area (Å²) in [4.78, 5) is 0. The molecule has 0 atom stereocenters. The number of unbranched alkanes of at least 4 members (excludes halogenated alkanes) is 5. The molecule has 19 heavy (non-hydrogen) atoms. The fraction of sp³-hybridized carbons (Fsp3) is 0.933. The van der Waals surface area contributed by atoms with Gasteiger partial charge in [0.05, 0.1) is 13.1 Å². The maximum absolute atomic E-state index is 5.98. The molecule has 0 bridgehead atoms. The predicted octanol–water partition coefficient (Wildman–Crippen LogP) is 1.42. The SMILES string of the molecule is CCCCCCCC/[N+](=C/Cl)N1CCCCCC1.[Cl-]. The van der Waals surface area contributed by atoms with Crippen LogP contribution in [-0.2, 0) is 0 Å². The molecule has 0 N–H and O–H groups in total. The number of hydrogen-bond acceptors (Lipinski definition) is 1. The van der Waals surface area contributed by atoms with E-state index in [2.05, 4.69) is 16.6 Å². The molecular weight excluding hydrogens is 279 g/mol. The van der Waals surface area contributed by atoms with Gasteiger partial charge in [-0.3, -0.25) is 0 Å². The number of hydrazone groups is 1. The van der Waals surface area contributed by atoms with Gasteiger partial charge in [0.15, 0.2) is 6.54 Å². The van der Waals surface area contributed by atoms with Crippen LogP contribution in [0.5, 0.6) is 0 Å². The molecule has 0 radical (unpaired) electrons. The smallest absolute Gasteiger partial charge is 0.261 e. The maximum atomic E-state index is 5.98. The first-order valence-electron chi connectivity index (χ1n) is 7.83. The second-order valence-electron chi connectivity index (χ2n) is 5.40. The van der Waals surface area contributed by atoms with Crippen molar-refractivity contribution in [1.29, 1.82) is 0 Å². The first-order valence-corrected chi connectivity index (χ1v) is 8.27. The standard InChI is InChI=1S/C15H30ClN2.ClH/c1-2-3-4-5-6-11-14-18(15-16)17-12-9-7-8-10-13-17;/h15H,2-14H2,1H3;1H/q+1;/p-1/b18-15-;. The third kappa shape index (κ3) is 8.75. The summed E-state index contributed by atoms with van der Waals surface area (Å²) in [5.74, 6) is 0. The lowest BCUT2D eigenvalue weighted by Gasteiger charge is -2.18. The summed E-state index contributed by atoms with van der Waals surface area (Å²) in [6, 6.07) is 0. The van der Waals surface area contributed by atoms with Gasteiger partial charge in [0, 0.05) is 6.42 Å². The van der Waals surface area contributed by atoms with E-state index in [0.717, 1.165) is 6.54 Å². The van der Waals surface area contributed by atoms with Crippen molar-refractivity contribution in [1.82, 2.24) is 5.01 Å². The highest BCUT2D eigenvalue weighted by atomic mass is 35.5. The molecule has 1 heterocycles. The van der Waals surface area contributed by atoms with Crippen LogP contribution < -0.4 is 12.4 Å². The normalized spacial score (nSPS) is 16.9. The molecule has 1 aliphatic heterocycles. The van der Waals surface area contributed by atoms with E-state index in [9.17, 15) is 0 Å². The number of hydrazine groups is 1. The van der Waals surface area contributed by atoms with Crippen LogP contribution in [0.25, 0.3) is 0 Å². The van der Waals surface area contributed by atoms with Crippen LogP contribution in [0.1, 0.15) is 71.1 Å². The van der Waals surface area contributed by atoms with E-state index in [1.54, 1.807) is 5.67 Å². The van der Waals surface area contributed by atoms with E-state index in [4.69, 9.17) is 11.6 Å². The van der Waals surface area contributed by atoms with Gasteiger partial charge in [-0.15, -0.1) is 4.68 Å². The fourth-order valence-corrected chi connectivity index (χ4v) is 2.84. The highest BCUT2D eigenvalue weighted by Crippen LogP contribution is 2.11. The van der Waals surface area contributed by atoms with Gasteiger partial charge < -0.3 is 12.4 Å². The molecule has 0 aliphatic carbocycles. The van der Waals surface area contributed by atoms with E-state index in [0.29, 0.717) is 0 Å². The first-order chi connectivity index (χ1) is 8.88. The zero-order chi connectivity index (χ0) is 13.1. The Morgan fingerprint density at radius 3 is 2.11 bits per heavy atom. The first kappa shape index (κ1) is 19.1. The van der Waals surface area contributed by atoms with Crippen molar-refractivity contribution >= 4 is 17.3 Å². The third-order valence-corrected chi connectivity index (χ3v) is 4.02. The molecule has 0 unspecified atom stereocenters. The van der Waals surface area contributed by atoms with Gasteiger partial charge in [0.25, 0.3) is 5.67 Å². The lowest BCUT2D eigenvalue weighted by Crippen LogP contribution is -3.00. The Kier molecular flexibility index (Phi) is 13.1. The number of rotatable bonds is 8. The van der Waals surface area contributed by atoms with Crippen LogP contribution >= 0.6 is 11.6 Å². The average Bonchev–Trinajstić information content (AvgIpc) is 2.67. The van der Waals surface area contributed by atoms with Gasteiger partial charge in [-0.05, 0) is 30.9 Å². The van der Waals surface area contributed by atoms with E-state index in [1.807, 2.05) is 0 Å². The summed E-state index contributed by atoms with van der Waals surface area (Å²) in [6.07, 6.45) is 13.5. The molecule has 0 aromatic carbocycles. The van der Waals surface area contributed by atoms with Crippen molar-refractivity contribution in [3.8, 4) is 0 Å². The van der Waals surface area contributed by atoms with Gasteiger partial charge >= 0.3 is 0 Å². The quantitative estimate of drug-likeness (QED) is 0.373. The zero-order valence-electron chi connectivity index (χ0n) is 12.4. The molecule has 0 aromatic rings. The molecule has 0 spiro atoms. The number of halogens is 2. The van der Waals surface area contributed by atoms with Crippen LogP contribution in [0.2, 0.25) is 0 Å². The van der Waals surface area contributed by atoms with Crippen molar-refractivity contribution in [2.45, 2.75) is 71.1 Å². The van der Waals surface area contributed by atoms with E-state index < -0.39 is 0 Å². The van der Waals surface area contributed by atoms with E-state index in [-0.39, 0.29) is 12.4 Å². The topological polar surface area (TPSA) is 6.25 Å². The van der Waals surface area contributed by atoms with E-state index >= 15 is 0 Å². The molecule has 0 saturated carbocycles. The second kappa shape index (κ2) is 13.1. The van der Waals surface area contributed by atoms with Gasteiger partial charge in [0.2, 0.25) is 0 Å². The monoisotopic (exact) mass is 308 g/mol. The van der Waals surface area contributed by atoms with Gasteiger partial charge in [-0.25, -0.2) is 0 Å². The highest BCUT2D eigenvalue weighted by molar-refractivity contribution is 6.54. The third-order valence-electron chi connectivity index (χ3n) is 3.80. The Morgan fingerprint density at radius 2 is 1.53 bits per heavy atom. The minimum atomic E-state index is 0. The minimum Gasteiger partial charge on any atom is -1.00 e. The summed E-state index contributed by atoms with van der Waals surface area (Å²) >= 11 is 5.98. The summed E-state index contributed by atoms with van der Waals surface area (Å²) in [6.45, 7) is 5.72. The van der Waals surface area contributed by atoms with Crippen LogP contribution in [0, 0.1) is 0 Å². The van der Waals surface area contributed by atoms with Crippen molar-refractivity contribution in [3.63, 3.8) is 0 Å². The Labute approximate surface area is 130 Å². The predicted molar refractivity (Wildman–Crippen MR) is 80.5 cm³/mol. The minimum absolute atomic E-state index is 0. The Balaban J connectivity index is 0.00000324. The van der Waals surface area contributed by atoms with Gasteiger partial charge in [-0.1, -0.05) is 45.4 Å². The van der Waals surface area contributed by atoms with Crippen LogP contribution in [0.4, 0.5) is 0 Å². The molecule has 114 valence electrons. The molecule has 0 amide bonds. The maximum Gasteiger partial charge on any atom is 0.261 e. The lowest BCUT2D eigenvalue weighted by molar-refractivity contribution is -0.685. The molecule has 1 rings (SSSR count). The van der Waals surface area contributed by atoms with Gasteiger partial charge in [0.1, 0.15) is 0 Å². The largest absolute Gasteiger partial charge is 1.00 e. The van der Waals surface area contributed by atoms with Gasteiger partial charge in [-0.2, -0.15) is 5.01 Å². The molecule has 1 aliphatic rings. The molecule has 1 saturated heterocycles. The number of nitrogens with zero attached hydrogens (tertiary/aromatic N) is 2. The zero-order valence-corrected chi connectivity index (χ0v) is 13.9. The Bertz CT molecular complexity index is 224. The molecule has 0 aromatic heterocycles. The highest BCUT2D eigenvalue weighted by Gasteiger charge is 2.17. The van der Waals surface area contributed by atoms with Crippen LogP contribution in [0.15, 0.2) is 0 Å². The second-order valence-corrected chi connectivity index (χ2v) is 5.59. The van der Waals surface area contributed by atoms with Crippen molar-refractivity contribution < 1.29 is 17.1 Å². The van der Waals surface area contributed by atoms with Crippen LogP contribution in [-0.4, -0.2) is 35.0 Å². The van der Waals surface area contributed by atoms with Crippen LogP contribution in [0.3, 0.4) is 0 Å². The Morgan fingerprint density at radius 1 is 0.947 bits per heavy atom. The van der Waals surface area contributed by atoms with Crippen molar-refractivity contribution in [2.24, 2.45) is 0 Å². The van der Waals surface area contributed by atoms with Crippen molar-refractivity contribution in [2.75, 3.05) is 19.6 Å². The summed E-state index contributed by atoms with van der Waals surface area (Å²) in [5, 5.41) is 2.44. The summed E-state index contributed by atoms with van der Waals surface area (Å²) in [7, 11) is 0. The lowest BCUT2D eigenvalue weighted by atomic mass is 10.1. The average molecular weight is 309 g/mol. The molecular formula is C15H30Cl2N2.